The van der Waals surface area contributed by atoms with Gasteiger partial charge in [-0.2, -0.15) is 18.2 Å². The first-order valence-corrected chi connectivity index (χ1v) is 10.1. The Hall–Kier alpha value is -3.04. The number of hydrogen-bond donors (Lipinski definition) is 1. The number of benzene rings is 1. The fourth-order valence-electron chi connectivity index (χ4n) is 3.40. The molecule has 2 aromatic rings. The van der Waals surface area contributed by atoms with E-state index in [1.165, 1.54) is 17.0 Å². The molecular formula is C21H24F3N3O4. The van der Waals surface area contributed by atoms with Gasteiger partial charge in [-0.25, -0.2) is 4.79 Å². The smallest absolute Gasteiger partial charge is 0.419 e. The fraction of sp³-hybridized carbons (Fsp3) is 0.476. The largest absolute Gasteiger partial charge is 0.489 e. The number of nitrogens with zero attached hydrogens (tertiary/aromatic N) is 3. The van der Waals surface area contributed by atoms with Gasteiger partial charge in [0, 0.05) is 12.1 Å². The summed E-state index contributed by atoms with van der Waals surface area (Å²) in [6, 6.07) is 2.97. The van der Waals surface area contributed by atoms with E-state index in [0.717, 1.165) is 25.3 Å². The minimum absolute atomic E-state index is 0.0329. The van der Waals surface area contributed by atoms with Crippen LogP contribution < -0.4 is 4.74 Å². The molecule has 1 amide bonds. The number of alkyl halides is 3. The number of hydrogen-bond acceptors (Lipinski definition) is 5. The van der Waals surface area contributed by atoms with Gasteiger partial charge in [0.05, 0.1) is 5.56 Å². The highest BCUT2D eigenvalue weighted by Gasteiger charge is 2.36. The van der Waals surface area contributed by atoms with Crippen LogP contribution >= 0.6 is 0 Å². The van der Waals surface area contributed by atoms with Crippen LogP contribution in [0.1, 0.15) is 56.5 Å². The quantitative estimate of drug-likeness (QED) is 0.420. The van der Waals surface area contributed by atoms with E-state index in [1.807, 2.05) is 6.08 Å². The number of amides is 1. The molecule has 0 radical (unpaired) electrons. The van der Waals surface area contributed by atoms with Gasteiger partial charge >= 0.3 is 12.3 Å². The Morgan fingerprint density at radius 3 is 2.90 bits per heavy atom. The van der Waals surface area contributed by atoms with E-state index in [1.54, 1.807) is 6.08 Å². The molecule has 10 heteroatoms. The summed E-state index contributed by atoms with van der Waals surface area (Å²) in [6.45, 7) is 2.43. The zero-order chi connectivity index (χ0) is 22.4. The Labute approximate surface area is 177 Å². The number of carbonyl (C=O) groups is 1. The number of unbranched alkanes of at least 4 members (excludes halogenated alkanes) is 2. The van der Waals surface area contributed by atoms with Crippen molar-refractivity contribution in [2.45, 2.75) is 51.2 Å². The molecule has 7 nitrogen and oxygen atoms in total. The van der Waals surface area contributed by atoms with Crippen molar-refractivity contribution in [3.05, 3.63) is 41.8 Å². The number of carboxylic acid groups (broad SMARTS) is 1. The van der Waals surface area contributed by atoms with Gasteiger partial charge in [-0.15, -0.1) is 0 Å². The lowest BCUT2D eigenvalue weighted by Gasteiger charge is -2.17. The molecule has 0 spiro atoms. The Balaban J connectivity index is 1.79. The molecular weight excluding hydrogens is 415 g/mol. The summed E-state index contributed by atoms with van der Waals surface area (Å²) in [5, 5.41) is 13.0. The third kappa shape index (κ3) is 5.56. The first kappa shape index (κ1) is 22.6. The third-order valence-corrected chi connectivity index (χ3v) is 4.99. The van der Waals surface area contributed by atoms with Crippen molar-refractivity contribution >= 4 is 6.09 Å². The van der Waals surface area contributed by atoms with E-state index in [-0.39, 0.29) is 29.6 Å². The van der Waals surface area contributed by atoms with E-state index in [2.05, 4.69) is 17.1 Å². The standard InChI is InChI=1S/C21H24F3N3O4/c1-2-3-4-5-6-12-30-17-10-9-14(13-15(17)21(22,23)24)18-25-19(31-26-18)16-8-7-11-27(16)20(28)29/h5-6,9-10,13,16H,2-4,7-8,11-12H2,1H3,(H,28,29). The summed E-state index contributed by atoms with van der Waals surface area (Å²) in [7, 11) is 0. The van der Waals surface area contributed by atoms with Crippen LogP contribution in [0.3, 0.4) is 0 Å². The molecule has 1 saturated heterocycles. The van der Waals surface area contributed by atoms with Gasteiger partial charge in [-0.1, -0.05) is 37.1 Å². The molecule has 1 fully saturated rings. The molecule has 1 aromatic heterocycles. The van der Waals surface area contributed by atoms with Crippen LogP contribution in [0.2, 0.25) is 0 Å². The summed E-state index contributed by atoms with van der Waals surface area (Å²) in [6.07, 6.45) is 1.91. The van der Waals surface area contributed by atoms with Crippen LogP contribution in [0.15, 0.2) is 34.9 Å². The Bertz CT molecular complexity index is 927. The van der Waals surface area contributed by atoms with Crippen LogP contribution in [-0.2, 0) is 6.18 Å². The minimum atomic E-state index is -4.63. The third-order valence-electron chi connectivity index (χ3n) is 4.99. The van der Waals surface area contributed by atoms with Crippen molar-refractivity contribution in [1.82, 2.24) is 15.0 Å². The lowest BCUT2D eigenvalue weighted by atomic mass is 10.1. The van der Waals surface area contributed by atoms with Gasteiger partial charge in [-0.05, 0) is 37.5 Å². The monoisotopic (exact) mass is 439 g/mol. The van der Waals surface area contributed by atoms with Gasteiger partial charge in [0.2, 0.25) is 11.7 Å². The second-order valence-electron chi connectivity index (χ2n) is 7.22. The summed E-state index contributed by atoms with van der Waals surface area (Å²) >= 11 is 0. The zero-order valence-corrected chi connectivity index (χ0v) is 17.1. The average molecular weight is 439 g/mol. The lowest BCUT2D eigenvalue weighted by Crippen LogP contribution is -2.28. The molecule has 0 aliphatic carbocycles. The molecule has 168 valence electrons. The molecule has 1 atom stereocenters. The van der Waals surface area contributed by atoms with Gasteiger partial charge < -0.3 is 14.4 Å². The Morgan fingerprint density at radius 2 is 2.19 bits per heavy atom. The van der Waals surface area contributed by atoms with Crippen molar-refractivity contribution < 1.29 is 32.3 Å². The van der Waals surface area contributed by atoms with Crippen molar-refractivity contribution in [2.75, 3.05) is 13.2 Å². The van der Waals surface area contributed by atoms with E-state index >= 15 is 0 Å². The summed E-state index contributed by atoms with van der Waals surface area (Å²) in [5.41, 5.74) is -0.834. The predicted octanol–water partition coefficient (Wildman–Crippen LogP) is 5.70. The predicted molar refractivity (Wildman–Crippen MR) is 106 cm³/mol. The number of likely N-dealkylation sites (tertiary alicyclic amines) is 1. The second-order valence-corrected chi connectivity index (χ2v) is 7.22. The van der Waals surface area contributed by atoms with Crippen LogP contribution in [0.25, 0.3) is 11.4 Å². The number of aromatic nitrogens is 2. The average Bonchev–Trinajstić information content (AvgIpc) is 3.39. The molecule has 0 saturated carbocycles. The minimum Gasteiger partial charge on any atom is -0.489 e. The maximum atomic E-state index is 13.6. The molecule has 1 aliphatic heterocycles. The molecule has 1 aromatic carbocycles. The molecule has 1 N–H and O–H groups in total. The molecule has 1 unspecified atom stereocenters. The van der Waals surface area contributed by atoms with Gasteiger partial charge in [0.1, 0.15) is 18.4 Å². The first-order chi connectivity index (χ1) is 14.8. The van der Waals surface area contributed by atoms with Crippen molar-refractivity contribution in [3.8, 4) is 17.1 Å². The Kier molecular flexibility index (Phi) is 7.19. The Morgan fingerprint density at radius 1 is 1.39 bits per heavy atom. The molecule has 0 bridgehead atoms. The summed E-state index contributed by atoms with van der Waals surface area (Å²) in [4.78, 5) is 16.6. The van der Waals surface area contributed by atoms with Crippen molar-refractivity contribution in [1.29, 1.82) is 0 Å². The van der Waals surface area contributed by atoms with Crippen LogP contribution in [0, 0.1) is 0 Å². The molecule has 1 aliphatic rings. The maximum absolute atomic E-state index is 13.6. The fourth-order valence-corrected chi connectivity index (χ4v) is 3.40. The first-order valence-electron chi connectivity index (χ1n) is 10.1. The van der Waals surface area contributed by atoms with Crippen LogP contribution in [-0.4, -0.2) is 39.4 Å². The van der Waals surface area contributed by atoms with E-state index < -0.39 is 23.9 Å². The molecule has 3 rings (SSSR count). The summed E-state index contributed by atoms with van der Waals surface area (Å²) < 4.78 is 51.2. The van der Waals surface area contributed by atoms with E-state index in [0.29, 0.717) is 19.4 Å². The molecule has 2 heterocycles. The van der Waals surface area contributed by atoms with Gasteiger partial charge in [-0.3, -0.25) is 4.90 Å². The SMILES string of the molecule is CCCCC=CCOc1ccc(-c2noc(C3CCCN3C(=O)O)n2)cc1C(F)(F)F. The second kappa shape index (κ2) is 9.84. The van der Waals surface area contributed by atoms with Crippen LogP contribution in [0.4, 0.5) is 18.0 Å². The number of halogens is 3. The number of allylic oxidation sites excluding steroid dienone is 1. The highest BCUT2D eigenvalue weighted by atomic mass is 19.4. The number of ether oxygens (including phenoxy) is 1. The van der Waals surface area contributed by atoms with E-state index in [4.69, 9.17) is 9.26 Å². The van der Waals surface area contributed by atoms with Gasteiger partial charge in [0.15, 0.2) is 0 Å². The number of rotatable bonds is 8. The zero-order valence-electron chi connectivity index (χ0n) is 17.1. The van der Waals surface area contributed by atoms with Gasteiger partial charge in [0.25, 0.3) is 0 Å². The maximum Gasteiger partial charge on any atom is 0.419 e. The topological polar surface area (TPSA) is 88.7 Å². The highest BCUT2D eigenvalue weighted by molar-refractivity contribution is 5.66. The van der Waals surface area contributed by atoms with Crippen molar-refractivity contribution in [3.63, 3.8) is 0 Å². The summed E-state index contributed by atoms with van der Waals surface area (Å²) in [5.74, 6) is -0.252. The van der Waals surface area contributed by atoms with E-state index in [9.17, 15) is 23.1 Å². The van der Waals surface area contributed by atoms with Crippen molar-refractivity contribution in [2.24, 2.45) is 0 Å². The van der Waals surface area contributed by atoms with Crippen LogP contribution in [0.5, 0.6) is 5.75 Å². The lowest BCUT2D eigenvalue weighted by molar-refractivity contribution is -0.138. The molecule has 31 heavy (non-hydrogen) atoms. The normalized spacial score (nSPS) is 16.9. The highest BCUT2D eigenvalue weighted by Crippen LogP contribution is 2.39.